The predicted octanol–water partition coefficient (Wildman–Crippen LogP) is 2.58. The van der Waals surface area contributed by atoms with Crippen LogP contribution >= 0.6 is 12.2 Å². The molecule has 7 nitrogen and oxygen atoms in total. The lowest BCUT2D eigenvalue weighted by Crippen LogP contribution is -2.45. The van der Waals surface area contributed by atoms with E-state index in [1.807, 2.05) is 30.3 Å². The smallest absolute Gasteiger partial charge is 0.341 e. The second-order valence-corrected chi connectivity index (χ2v) is 6.55. The van der Waals surface area contributed by atoms with Gasteiger partial charge in [0.15, 0.2) is 11.7 Å². The van der Waals surface area contributed by atoms with Crippen molar-refractivity contribution in [3.05, 3.63) is 71.4 Å². The highest BCUT2D eigenvalue weighted by atomic mass is 32.1. The van der Waals surface area contributed by atoms with Gasteiger partial charge in [-0.25, -0.2) is 4.79 Å². The molecule has 0 aliphatic carbocycles. The van der Waals surface area contributed by atoms with Crippen LogP contribution in [0.3, 0.4) is 0 Å². The van der Waals surface area contributed by atoms with Crippen molar-refractivity contribution in [1.29, 1.82) is 0 Å². The van der Waals surface area contributed by atoms with Crippen LogP contribution in [0.1, 0.15) is 18.5 Å². The lowest BCUT2D eigenvalue weighted by molar-refractivity contribution is -0.139. The number of para-hydroxylation sites is 1. The number of benzene rings is 2. The average molecular weight is 397 g/mol. The van der Waals surface area contributed by atoms with Crippen molar-refractivity contribution in [2.45, 2.75) is 13.0 Å². The first-order valence-corrected chi connectivity index (χ1v) is 8.94. The van der Waals surface area contributed by atoms with Crippen LogP contribution in [0, 0.1) is 0 Å². The van der Waals surface area contributed by atoms with E-state index in [-0.39, 0.29) is 5.91 Å². The van der Waals surface area contributed by atoms with E-state index in [1.165, 1.54) is 0 Å². The molecule has 144 valence electrons. The minimum atomic E-state index is -1.05. The molecule has 0 aromatic heterocycles. The van der Waals surface area contributed by atoms with E-state index >= 15 is 0 Å². The molecule has 2 aromatic rings. The van der Waals surface area contributed by atoms with Gasteiger partial charge in [0.05, 0.1) is 11.6 Å². The maximum absolute atomic E-state index is 12.9. The molecule has 0 unspecified atom stereocenters. The lowest BCUT2D eigenvalue weighted by atomic mass is 9.95. The first kappa shape index (κ1) is 19.4. The number of aliphatic carboxylic acids is 1. The van der Waals surface area contributed by atoms with Crippen LogP contribution < -0.4 is 20.7 Å². The third kappa shape index (κ3) is 4.66. The highest BCUT2D eigenvalue weighted by Crippen LogP contribution is 2.29. The number of ether oxygens (including phenoxy) is 1. The number of rotatable bonds is 6. The summed E-state index contributed by atoms with van der Waals surface area (Å²) >= 11 is 5.25. The molecule has 0 saturated carbocycles. The normalized spacial score (nSPS) is 16.0. The molecule has 1 aliphatic rings. The minimum absolute atomic E-state index is 0.248. The summed E-state index contributed by atoms with van der Waals surface area (Å²) in [6.07, 6.45) is 0. The van der Waals surface area contributed by atoms with Gasteiger partial charge in [-0.3, -0.25) is 4.79 Å². The number of hydrogen-bond donors (Lipinski definition) is 4. The van der Waals surface area contributed by atoms with Crippen LogP contribution in [-0.2, 0) is 9.59 Å². The van der Waals surface area contributed by atoms with Gasteiger partial charge >= 0.3 is 5.97 Å². The Labute approximate surface area is 167 Å². The average Bonchev–Trinajstić information content (AvgIpc) is 2.66. The zero-order chi connectivity index (χ0) is 20.1. The van der Waals surface area contributed by atoms with Crippen LogP contribution in [-0.4, -0.2) is 28.7 Å². The molecule has 1 heterocycles. The molecule has 0 spiro atoms. The van der Waals surface area contributed by atoms with Crippen LogP contribution in [0.15, 0.2) is 65.9 Å². The fourth-order valence-electron chi connectivity index (χ4n) is 2.87. The monoisotopic (exact) mass is 397 g/mol. The van der Waals surface area contributed by atoms with Gasteiger partial charge in [-0.15, -0.1) is 0 Å². The Morgan fingerprint density at radius 2 is 1.82 bits per heavy atom. The Bertz CT molecular complexity index is 926. The van der Waals surface area contributed by atoms with E-state index in [0.717, 1.165) is 5.56 Å². The standard InChI is InChI=1S/C20H19N3O4S/c1-12-17(19(26)22-14-5-3-2-4-6-14)18(23-20(28)21-12)13-7-9-15(10-8-13)27-11-16(24)25/h2-10,18H,11H2,1H3,(H,22,26)(H,24,25)(H2,21,23,28)/t18-/m1/s1. The van der Waals surface area contributed by atoms with Gasteiger partial charge in [-0.2, -0.15) is 0 Å². The molecule has 0 radical (unpaired) electrons. The second kappa shape index (κ2) is 8.53. The quantitative estimate of drug-likeness (QED) is 0.556. The van der Waals surface area contributed by atoms with Crippen molar-refractivity contribution in [3.8, 4) is 5.75 Å². The summed E-state index contributed by atoms with van der Waals surface area (Å²) in [5.74, 6) is -0.867. The van der Waals surface area contributed by atoms with E-state index in [4.69, 9.17) is 22.1 Å². The second-order valence-electron chi connectivity index (χ2n) is 6.14. The number of carbonyl (C=O) groups excluding carboxylic acids is 1. The van der Waals surface area contributed by atoms with Crippen molar-refractivity contribution in [2.75, 3.05) is 11.9 Å². The van der Waals surface area contributed by atoms with E-state index in [0.29, 0.717) is 27.8 Å². The number of amides is 1. The SMILES string of the molecule is CC1=C(C(=O)Nc2ccccc2)[C@@H](c2ccc(OCC(=O)O)cc2)NC(=S)N1. The van der Waals surface area contributed by atoms with Gasteiger partial charge in [0.2, 0.25) is 0 Å². The van der Waals surface area contributed by atoms with Crippen molar-refractivity contribution in [2.24, 2.45) is 0 Å². The summed E-state index contributed by atoms with van der Waals surface area (Å²) in [5.41, 5.74) is 2.66. The zero-order valence-electron chi connectivity index (χ0n) is 15.1. The number of nitrogens with one attached hydrogen (secondary N) is 3. The summed E-state index contributed by atoms with van der Waals surface area (Å²) in [7, 11) is 0. The van der Waals surface area contributed by atoms with Crippen molar-refractivity contribution >= 4 is 34.9 Å². The summed E-state index contributed by atoms with van der Waals surface area (Å²) in [4.78, 5) is 23.6. The van der Waals surface area contributed by atoms with Crippen LogP contribution in [0.4, 0.5) is 5.69 Å². The predicted molar refractivity (Wildman–Crippen MR) is 109 cm³/mol. The number of hydrogen-bond acceptors (Lipinski definition) is 4. The number of carboxylic acids is 1. The van der Waals surface area contributed by atoms with Gasteiger partial charge in [0.1, 0.15) is 5.75 Å². The fraction of sp³-hybridized carbons (Fsp3) is 0.150. The third-order valence-corrected chi connectivity index (χ3v) is 4.34. The van der Waals surface area contributed by atoms with Crippen LogP contribution in [0.5, 0.6) is 5.75 Å². The fourth-order valence-corrected chi connectivity index (χ4v) is 3.14. The zero-order valence-corrected chi connectivity index (χ0v) is 15.9. The Morgan fingerprint density at radius 3 is 2.46 bits per heavy atom. The molecule has 8 heteroatoms. The molecule has 28 heavy (non-hydrogen) atoms. The summed E-state index contributed by atoms with van der Waals surface area (Å²) in [6, 6.07) is 15.6. The Morgan fingerprint density at radius 1 is 1.14 bits per heavy atom. The maximum Gasteiger partial charge on any atom is 0.341 e. The Hall–Kier alpha value is -3.39. The number of allylic oxidation sites excluding steroid dienone is 1. The third-order valence-electron chi connectivity index (χ3n) is 4.12. The van der Waals surface area contributed by atoms with E-state index < -0.39 is 18.6 Å². The molecule has 0 bridgehead atoms. The molecular weight excluding hydrogens is 378 g/mol. The van der Waals surface area contributed by atoms with E-state index in [1.54, 1.807) is 31.2 Å². The highest BCUT2D eigenvalue weighted by Gasteiger charge is 2.29. The van der Waals surface area contributed by atoms with Crippen molar-refractivity contribution < 1.29 is 19.4 Å². The van der Waals surface area contributed by atoms with E-state index in [9.17, 15) is 9.59 Å². The van der Waals surface area contributed by atoms with E-state index in [2.05, 4.69) is 16.0 Å². The molecule has 4 N–H and O–H groups in total. The molecule has 1 atom stereocenters. The number of thiocarbonyl (C=S) groups is 1. The maximum atomic E-state index is 12.9. The first-order valence-electron chi connectivity index (χ1n) is 8.53. The highest BCUT2D eigenvalue weighted by molar-refractivity contribution is 7.80. The van der Waals surface area contributed by atoms with Gasteiger partial charge in [0, 0.05) is 11.4 Å². The summed E-state index contributed by atoms with van der Waals surface area (Å²) in [6.45, 7) is 1.38. The molecule has 0 fully saturated rings. The number of anilines is 1. The summed E-state index contributed by atoms with van der Waals surface area (Å²) in [5, 5.41) is 18.1. The first-order chi connectivity index (χ1) is 13.4. The van der Waals surface area contributed by atoms with Gasteiger partial charge in [-0.1, -0.05) is 30.3 Å². The molecule has 1 aliphatic heterocycles. The van der Waals surface area contributed by atoms with Crippen LogP contribution in [0.2, 0.25) is 0 Å². The molecular formula is C20H19N3O4S. The van der Waals surface area contributed by atoms with Crippen molar-refractivity contribution in [1.82, 2.24) is 10.6 Å². The molecule has 1 amide bonds. The topological polar surface area (TPSA) is 99.7 Å². The Kier molecular flexibility index (Phi) is 5.90. The number of carboxylic acid groups (broad SMARTS) is 1. The lowest BCUT2D eigenvalue weighted by Gasteiger charge is -2.30. The van der Waals surface area contributed by atoms with Crippen LogP contribution in [0.25, 0.3) is 0 Å². The van der Waals surface area contributed by atoms with Gasteiger partial charge in [0.25, 0.3) is 5.91 Å². The van der Waals surface area contributed by atoms with Crippen molar-refractivity contribution in [3.63, 3.8) is 0 Å². The minimum Gasteiger partial charge on any atom is -0.482 e. The number of carbonyl (C=O) groups is 2. The molecule has 0 saturated heterocycles. The van der Waals surface area contributed by atoms with Gasteiger partial charge < -0.3 is 25.8 Å². The largest absolute Gasteiger partial charge is 0.482 e. The Balaban J connectivity index is 1.85. The molecule has 2 aromatic carbocycles. The van der Waals surface area contributed by atoms with Gasteiger partial charge in [-0.05, 0) is 49.0 Å². The molecule has 3 rings (SSSR count). The summed E-state index contributed by atoms with van der Waals surface area (Å²) < 4.78 is 5.16.